The van der Waals surface area contributed by atoms with Crippen LogP contribution in [0.15, 0.2) is 182 Å². The third-order valence-electron chi connectivity index (χ3n) is 12.6. The van der Waals surface area contributed by atoms with Crippen molar-refractivity contribution in [2.75, 3.05) is 0 Å². The number of thiophene rings is 1. The molecule has 0 fully saturated rings. The van der Waals surface area contributed by atoms with Crippen LogP contribution in [0.1, 0.15) is 25.0 Å². The van der Waals surface area contributed by atoms with Crippen LogP contribution in [0.25, 0.3) is 108 Å². The van der Waals surface area contributed by atoms with Crippen LogP contribution in [-0.2, 0) is 5.41 Å². The highest BCUT2D eigenvalue weighted by molar-refractivity contribution is 7.26. The molecule has 1 aliphatic rings. The van der Waals surface area contributed by atoms with Gasteiger partial charge < -0.3 is 0 Å². The molecule has 0 saturated heterocycles. The van der Waals surface area contributed by atoms with Crippen LogP contribution in [-0.4, -0.2) is 0 Å². The minimum absolute atomic E-state index is 0.0845. The fourth-order valence-electron chi connectivity index (χ4n) is 9.91. The Hall–Kier alpha value is -6.54. The summed E-state index contributed by atoms with van der Waals surface area (Å²) in [5, 5.41) is 13.1. The minimum Gasteiger partial charge on any atom is -0.135 e. The SMILES string of the molecule is CC1(C)c2ccc(-c3ccc4cc(-c5c6ccccc6c(-c6ccccc6)c6ccccc56)ccc4c3)cc2-c2cc3ccc4sc5ccccc5c4c3cc21. The molecule has 0 nitrogen and oxygen atoms in total. The van der Waals surface area contributed by atoms with E-state index in [1.165, 1.54) is 119 Å². The molecule has 1 aliphatic carbocycles. The zero-order valence-electron chi connectivity index (χ0n) is 31.2. The molecule has 56 heavy (non-hydrogen) atoms. The maximum Gasteiger partial charge on any atom is 0.0361 e. The molecule has 11 aromatic rings. The second-order valence-electron chi connectivity index (χ2n) is 16.0. The standard InChI is InChI=1S/C55H36S/c1-55(2)48-26-24-37(30-46(48)47-31-38-25-27-51-54(45(38)32-49(47)55)44-18-10-11-19-50(44)56-51)35-20-21-36-29-39(23-22-34(36)28-35)53-42-16-8-6-14-40(42)52(33-12-4-3-5-13-33)41-15-7-9-17-43(41)53/h3-32H,1-2H3. The van der Waals surface area contributed by atoms with Crippen molar-refractivity contribution in [1.82, 2.24) is 0 Å². The summed E-state index contributed by atoms with van der Waals surface area (Å²) >= 11 is 1.90. The Morgan fingerprint density at radius 2 is 0.875 bits per heavy atom. The summed E-state index contributed by atoms with van der Waals surface area (Å²) in [6.45, 7) is 4.79. The predicted molar refractivity (Wildman–Crippen MR) is 243 cm³/mol. The second kappa shape index (κ2) is 11.7. The summed E-state index contributed by atoms with van der Waals surface area (Å²) in [5.74, 6) is 0. The van der Waals surface area contributed by atoms with Crippen molar-refractivity contribution >= 4 is 74.6 Å². The second-order valence-corrected chi connectivity index (χ2v) is 17.1. The zero-order valence-corrected chi connectivity index (χ0v) is 32.0. The summed E-state index contributed by atoms with van der Waals surface area (Å²) in [6, 6.07) is 68.3. The lowest BCUT2D eigenvalue weighted by Crippen LogP contribution is -2.14. The van der Waals surface area contributed by atoms with E-state index in [4.69, 9.17) is 0 Å². The molecule has 262 valence electrons. The molecule has 12 rings (SSSR count). The quantitative estimate of drug-likeness (QED) is 0.159. The molecular formula is C55H36S. The average molecular weight is 729 g/mol. The molecule has 0 bridgehead atoms. The van der Waals surface area contributed by atoms with E-state index in [9.17, 15) is 0 Å². The topological polar surface area (TPSA) is 0 Å². The third-order valence-corrected chi connectivity index (χ3v) is 13.7. The van der Waals surface area contributed by atoms with E-state index in [1.807, 2.05) is 11.3 Å². The summed E-state index contributed by atoms with van der Waals surface area (Å²) in [6.07, 6.45) is 0. The molecule has 1 aromatic heterocycles. The first-order valence-corrected chi connectivity index (χ1v) is 20.4. The Morgan fingerprint density at radius 3 is 1.59 bits per heavy atom. The van der Waals surface area contributed by atoms with Gasteiger partial charge in [-0.25, -0.2) is 0 Å². The Balaban J connectivity index is 0.974. The van der Waals surface area contributed by atoms with Crippen molar-refractivity contribution in [3.8, 4) is 44.5 Å². The maximum atomic E-state index is 2.50. The summed E-state index contributed by atoms with van der Waals surface area (Å²) in [5.41, 5.74) is 13.0. The van der Waals surface area contributed by atoms with E-state index in [0.717, 1.165) is 0 Å². The van der Waals surface area contributed by atoms with Gasteiger partial charge in [-0.2, -0.15) is 0 Å². The average Bonchev–Trinajstić information content (AvgIpc) is 3.73. The summed E-state index contributed by atoms with van der Waals surface area (Å²) < 4.78 is 2.72. The molecular weight excluding hydrogens is 693 g/mol. The van der Waals surface area contributed by atoms with Gasteiger partial charge in [0.25, 0.3) is 0 Å². The van der Waals surface area contributed by atoms with Crippen molar-refractivity contribution in [3.63, 3.8) is 0 Å². The molecule has 0 aliphatic heterocycles. The van der Waals surface area contributed by atoms with E-state index in [0.29, 0.717) is 0 Å². The van der Waals surface area contributed by atoms with Crippen LogP contribution in [0.5, 0.6) is 0 Å². The van der Waals surface area contributed by atoms with Crippen molar-refractivity contribution in [1.29, 1.82) is 0 Å². The fraction of sp³-hybridized carbons (Fsp3) is 0.0545. The molecule has 0 saturated carbocycles. The number of rotatable bonds is 3. The van der Waals surface area contributed by atoms with E-state index < -0.39 is 0 Å². The predicted octanol–water partition coefficient (Wildman–Crippen LogP) is 16.0. The summed E-state index contributed by atoms with van der Waals surface area (Å²) in [4.78, 5) is 0. The van der Waals surface area contributed by atoms with Crippen molar-refractivity contribution in [2.24, 2.45) is 0 Å². The molecule has 0 radical (unpaired) electrons. The van der Waals surface area contributed by atoms with E-state index in [-0.39, 0.29) is 5.41 Å². The summed E-state index contributed by atoms with van der Waals surface area (Å²) in [7, 11) is 0. The first-order valence-electron chi connectivity index (χ1n) is 19.6. The molecule has 1 heterocycles. The van der Waals surface area contributed by atoms with Gasteiger partial charge in [0.1, 0.15) is 0 Å². The highest BCUT2D eigenvalue weighted by Crippen LogP contribution is 2.52. The Morgan fingerprint density at radius 1 is 0.339 bits per heavy atom. The number of fused-ring (bicyclic) bond motifs is 11. The maximum absolute atomic E-state index is 2.50. The third kappa shape index (κ3) is 4.53. The van der Waals surface area contributed by atoms with E-state index >= 15 is 0 Å². The molecule has 0 spiro atoms. The lowest BCUT2D eigenvalue weighted by Gasteiger charge is -2.22. The van der Waals surface area contributed by atoms with Crippen LogP contribution < -0.4 is 0 Å². The van der Waals surface area contributed by atoms with Crippen LogP contribution in [0, 0.1) is 0 Å². The van der Waals surface area contributed by atoms with Gasteiger partial charge in [0.05, 0.1) is 0 Å². The molecule has 0 unspecified atom stereocenters. The fourth-order valence-corrected chi connectivity index (χ4v) is 11.0. The van der Waals surface area contributed by atoms with Gasteiger partial charge in [-0.05, 0) is 141 Å². The van der Waals surface area contributed by atoms with Crippen molar-refractivity contribution in [2.45, 2.75) is 19.3 Å². The van der Waals surface area contributed by atoms with Crippen LogP contribution in [0.4, 0.5) is 0 Å². The minimum atomic E-state index is -0.0845. The van der Waals surface area contributed by atoms with E-state index in [2.05, 4.69) is 196 Å². The smallest absolute Gasteiger partial charge is 0.0361 e. The van der Waals surface area contributed by atoms with Gasteiger partial charge >= 0.3 is 0 Å². The van der Waals surface area contributed by atoms with Gasteiger partial charge in [0, 0.05) is 25.6 Å². The largest absolute Gasteiger partial charge is 0.135 e. The number of hydrogen-bond acceptors (Lipinski definition) is 1. The monoisotopic (exact) mass is 728 g/mol. The van der Waals surface area contributed by atoms with Crippen LogP contribution in [0.3, 0.4) is 0 Å². The first kappa shape index (κ1) is 31.8. The zero-order chi connectivity index (χ0) is 37.1. The van der Waals surface area contributed by atoms with Gasteiger partial charge in [0.15, 0.2) is 0 Å². The van der Waals surface area contributed by atoms with Gasteiger partial charge in [-0.1, -0.05) is 153 Å². The Labute approximate surface area is 329 Å². The van der Waals surface area contributed by atoms with Gasteiger partial charge in [-0.15, -0.1) is 11.3 Å². The van der Waals surface area contributed by atoms with Gasteiger partial charge in [-0.3, -0.25) is 0 Å². The Kier molecular flexibility index (Phi) is 6.66. The number of hydrogen-bond donors (Lipinski definition) is 0. The lowest BCUT2D eigenvalue weighted by molar-refractivity contribution is 0.661. The molecule has 0 amide bonds. The van der Waals surface area contributed by atoms with Crippen LogP contribution >= 0.6 is 11.3 Å². The van der Waals surface area contributed by atoms with Crippen molar-refractivity contribution < 1.29 is 0 Å². The normalized spacial score (nSPS) is 13.3. The van der Waals surface area contributed by atoms with Gasteiger partial charge in [0.2, 0.25) is 0 Å². The van der Waals surface area contributed by atoms with Crippen molar-refractivity contribution in [3.05, 3.63) is 193 Å². The molecule has 10 aromatic carbocycles. The lowest BCUT2D eigenvalue weighted by atomic mass is 9.81. The number of benzene rings is 10. The first-order chi connectivity index (χ1) is 27.5. The van der Waals surface area contributed by atoms with Crippen LogP contribution in [0.2, 0.25) is 0 Å². The molecule has 1 heteroatoms. The highest BCUT2D eigenvalue weighted by atomic mass is 32.1. The highest BCUT2D eigenvalue weighted by Gasteiger charge is 2.36. The molecule has 0 N–H and O–H groups in total. The molecule has 0 atom stereocenters. The Bertz CT molecular complexity index is 3380. The van der Waals surface area contributed by atoms with E-state index in [1.54, 1.807) is 0 Å².